The summed E-state index contributed by atoms with van der Waals surface area (Å²) in [6.07, 6.45) is 0. The first kappa shape index (κ1) is 20.1. The van der Waals surface area contributed by atoms with Crippen molar-refractivity contribution in [3.8, 4) is 11.5 Å². The van der Waals surface area contributed by atoms with Gasteiger partial charge in [0.15, 0.2) is 17.3 Å². The van der Waals surface area contributed by atoms with Crippen molar-refractivity contribution in [1.82, 2.24) is 0 Å². The van der Waals surface area contributed by atoms with Gasteiger partial charge in [0.05, 0.1) is 7.11 Å². The number of benzene rings is 4. The summed E-state index contributed by atoms with van der Waals surface area (Å²) in [7, 11) is 1.55. The van der Waals surface area contributed by atoms with Crippen LogP contribution in [0.2, 0.25) is 0 Å². The molecule has 1 aliphatic carbocycles. The molecule has 0 spiro atoms. The van der Waals surface area contributed by atoms with Crippen molar-refractivity contribution in [3.05, 3.63) is 131 Å². The Labute approximate surface area is 187 Å². The maximum absolute atomic E-state index is 14.0. The molecule has 1 N–H and O–H groups in total. The molecule has 3 heteroatoms. The molecule has 158 valence electrons. The van der Waals surface area contributed by atoms with Gasteiger partial charge in [0.25, 0.3) is 0 Å². The van der Waals surface area contributed by atoms with Gasteiger partial charge >= 0.3 is 0 Å². The zero-order valence-electron chi connectivity index (χ0n) is 17.8. The third kappa shape index (κ3) is 3.36. The lowest BCUT2D eigenvalue weighted by Crippen LogP contribution is -2.24. The number of phenolic OH excluding ortho intramolecular Hbond substituents is 1. The summed E-state index contributed by atoms with van der Waals surface area (Å²) in [5.74, 6) is -0.0673. The smallest absolute Gasteiger partial charge is 0.167 e. The number of hydrogen-bond donors (Lipinski definition) is 1. The van der Waals surface area contributed by atoms with Crippen LogP contribution in [-0.4, -0.2) is 18.0 Å². The highest BCUT2D eigenvalue weighted by molar-refractivity contribution is 6.00. The summed E-state index contributed by atoms with van der Waals surface area (Å²) >= 11 is 0. The Kier molecular flexibility index (Phi) is 5.24. The monoisotopic (exact) mass is 420 g/mol. The van der Waals surface area contributed by atoms with Crippen LogP contribution in [-0.2, 0) is 0 Å². The number of Topliss-reactive ketones (excluding diaryl/α,β-unsaturated/α-hetero) is 1. The number of ether oxygens (including phenoxy) is 1. The molecular weight excluding hydrogens is 396 g/mol. The van der Waals surface area contributed by atoms with Gasteiger partial charge in [0.1, 0.15) is 0 Å². The summed E-state index contributed by atoms with van der Waals surface area (Å²) in [5.41, 5.74) is 4.83. The van der Waals surface area contributed by atoms with Crippen LogP contribution in [0.5, 0.6) is 11.5 Å². The maximum atomic E-state index is 14.0. The zero-order valence-corrected chi connectivity index (χ0v) is 17.8. The number of aromatic hydroxyl groups is 1. The molecule has 0 bridgehead atoms. The molecule has 0 heterocycles. The van der Waals surface area contributed by atoms with Crippen LogP contribution in [0.1, 0.15) is 44.4 Å². The topological polar surface area (TPSA) is 46.5 Å². The van der Waals surface area contributed by atoms with Crippen molar-refractivity contribution in [2.75, 3.05) is 7.11 Å². The Hall–Kier alpha value is -3.85. The molecule has 0 saturated carbocycles. The molecule has 3 nitrogen and oxygen atoms in total. The predicted octanol–water partition coefficient (Wildman–Crippen LogP) is 6.18. The van der Waals surface area contributed by atoms with Crippen molar-refractivity contribution in [2.45, 2.75) is 11.8 Å². The van der Waals surface area contributed by atoms with Crippen molar-refractivity contribution in [1.29, 1.82) is 0 Å². The second-order valence-electron chi connectivity index (χ2n) is 8.19. The molecule has 0 unspecified atom stereocenters. The van der Waals surface area contributed by atoms with Crippen LogP contribution in [0.15, 0.2) is 103 Å². The average Bonchev–Trinajstić information content (AvgIpc) is 3.18. The average molecular weight is 421 g/mol. The molecule has 4 aromatic carbocycles. The quantitative estimate of drug-likeness (QED) is 0.392. The normalized spacial score (nSPS) is 19.3. The van der Waals surface area contributed by atoms with Crippen LogP contribution >= 0.6 is 0 Å². The van der Waals surface area contributed by atoms with Gasteiger partial charge in [-0.1, -0.05) is 91.0 Å². The van der Waals surface area contributed by atoms with Gasteiger partial charge in [-0.25, -0.2) is 0 Å². The van der Waals surface area contributed by atoms with Crippen molar-refractivity contribution < 1.29 is 14.6 Å². The lowest BCUT2D eigenvalue weighted by Gasteiger charge is -2.25. The van der Waals surface area contributed by atoms with Gasteiger partial charge in [0.2, 0.25) is 0 Å². The Bertz CT molecular complexity index is 1230. The van der Waals surface area contributed by atoms with Gasteiger partial charge in [-0.05, 0) is 34.4 Å². The van der Waals surface area contributed by atoms with E-state index < -0.39 is 0 Å². The molecule has 0 aromatic heterocycles. The fourth-order valence-corrected chi connectivity index (χ4v) is 5.07. The van der Waals surface area contributed by atoms with Crippen LogP contribution in [0.4, 0.5) is 0 Å². The molecule has 0 amide bonds. The molecule has 4 aromatic rings. The number of phenols is 1. The molecule has 0 radical (unpaired) electrons. The predicted molar refractivity (Wildman–Crippen MR) is 125 cm³/mol. The number of carbonyl (C=O) groups excluding carboxylic acids is 1. The van der Waals surface area contributed by atoms with Gasteiger partial charge in [-0.3, -0.25) is 4.79 Å². The first-order valence-corrected chi connectivity index (χ1v) is 10.8. The zero-order chi connectivity index (χ0) is 22.1. The van der Waals surface area contributed by atoms with E-state index in [-0.39, 0.29) is 29.3 Å². The minimum Gasteiger partial charge on any atom is -0.504 e. The number of rotatable bonds is 5. The van der Waals surface area contributed by atoms with Crippen LogP contribution in [0.25, 0.3) is 0 Å². The Balaban J connectivity index is 1.78. The van der Waals surface area contributed by atoms with E-state index in [1.54, 1.807) is 13.2 Å². The van der Waals surface area contributed by atoms with Crippen LogP contribution in [0, 0.1) is 5.92 Å². The third-order valence-corrected chi connectivity index (χ3v) is 6.45. The SMILES string of the molecule is COc1cc2c(cc1O)[C@@H](c1ccccc1)[C@H](C(=O)c1ccccc1)[C@H]2c1ccccc1. The van der Waals surface area contributed by atoms with E-state index in [2.05, 4.69) is 24.3 Å². The Morgan fingerprint density at radius 2 is 1.19 bits per heavy atom. The summed E-state index contributed by atoms with van der Waals surface area (Å²) in [6.45, 7) is 0. The number of hydrogen-bond acceptors (Lipinski definition) is 3. The van der Waals surface area contributed by atoms with E-state index >= 15 is 0 Å². The maximum Gasteiger partial charge on any atom is 0.167 e. The highest BCUT2D eigenvalue weighted by Gasteiger charge is 2.46. The van der Waals surface area contributed by atoms with E-state index in [0.29, 0.717) is 11.3 Å². The number of carbonyl (C=O) groups is 1. The molecule has 0 fully saturated rings. The molecule has 0 aliphatic heterocycles. The highest BCUT2D eigenvalue weighted by Crippen LogP contribution is 2.55. The second kappa shape index (κ2) is 8.35. The van der Waals surface area contributed by atoms with Gasteiger partial charge in [0, 0.05) is 23.3 Å². The number of ketones is 1. The molecular formula is C29H24O3. The first-order chi connectivity index (χ1) is 15.7. The van der Waals surface area contributed by atoms with E-state index in [0.717, 1.165) is 22.3 Å². The molecule has 32 heavy (non-hydrogen) atoms. The highest BCUT2D eigenvalue weighted by atomic mass is 16.5. The van der Waals surface area contributed by atoms with Gasteiger partial charge in [-0.15, -0.1) is 0 Å². The van der Waals surface area contributed by atoms with E-state index in [1.165, 1.54) is 0 Å². The van der Waals surface area contributed by atoms with Crippen molar-refractivity contribution in [3.63, 3.8) is 0 Å². The van der Waals surface area contributed by atoms with Gasteiger partial charge < -0.3 is 9.84 Å². The first-order valence-electron chi connectivity index (χ1n) is 10.8. The Morgan fingerprint density at radius 3 is 1.69 bits per heavy atom. The minimum absolute atomic E-state index is 0.0896. The molecule has 0 saturated heterocycles. The number of methoxy groups -OCH3 is 1. The summed E-state index contributed by atoms with van der Waals surface area (Å²) in [6, 6.07) is 33.4. The minimum atomic E-state index is -0.344. The number of fused-ring (bicyclic) bond motifs is 1. The fraction of sp³-hybridized carbons (Fsp3) is 0.138. The fourth-order valence-electron chi connectivity index (χ4n) is 5.07. The van der Waals surface area contributed by atoms with Gasteiger partial charge in [-0.2, -0.15) is 0 Å². The standard InChI is InChI=1S/C29H24O3/c1-32-25-18-23-22(17-24(25)30)26(19-11-5-2-6-12-19)28(27(23)20-13-7-3-8-14-20)29(31)21-15-9-4-10-16-21/h2-18,26-28,30H,1H3/t26-,27+,28+/m1/s1. The van der Waals surface area contributed by atoms with Crippen LogP contribution < -0.4 is 4.74 Å². The Morgan fingerprint density at radius 1 is 0.719 bits per heavy atom. The molecule has 1 aliphatic rings. The second-order valence-corrected chi connectivity index (χ2v) is 8.19. The summed E-state index contributed by atoms with van der Waals surface area (Å²) < 4.78 is 5.44. The summed E-state index contributed by atoms with van der Waals surface area (Å²) in [5, 5.41) is 10.6. The van der Waals surface area contributed by atoms with E-state index in [1.807, 2.05) is 72.8 Å². The van der Waals surface area contributed by atoms with Crippen LogP contribution in [0.3, 0.4) is 0 Å². The lowest BCUT2D eigenvalue weighted by molar-refractivity contribution is 0.0904. The largest absolute Gasteiger partial charge is 0.504 e. The van der Waals surface area contributed by atoms with Crippen molar-refractivity contribution >= 4 is 5.78 Å². The van der Waals surface area contributed by atoms with E-state index in [9.17, 15) is 9.90 Å². The third-order valence-electron chi connectivity index (χ3n) is 6.45. The lowest BCUT2D eigenvalue weighted by atomic mass is 9.75. The molecule has 3 atom stereocenters. The molecule has 5 rings (SSSR count). The summed E-state index contributed by atoms with van der Waals surface area (Å²) in [4.78, 5) is 14.0. The van der Waals surface area contributed by atoms with E-state index in [4.69, 9.17) is 4.74 Å². The van der Waals surface area contributed by atoms with Crippen molar-refractivity contribution in [2.24, 2.45) is 5.92 Å².